The zero-order chi connectivity index (χ0) is 19.2. The lowest BCUT2D eigenvalue weighted by Crippen LogP contribution is -2.42. The Bertz CT molecular complexity index is 779. The van der Waals surface area contributed by atoms with Gasteiger partial charge in [-0.15, -0.1) is 0 Å². The van der Waals surface area contributed by atoms with Gasteiger partial charge >= 0.3 is 0 Å². The van der Waals surface area contributed by atoms with Gasteiger partial charge < -0.3 is 10.6 Å². The molecule has 2 aromatic rings. The summed E-state index contributed by atoms with van der Waals surface area (Å²) in [6.45, 7) is 5.56. The van der Waals surface area contributed by atoms with Crippen LogP contribution in [0, 0.1) is 6.92 Å². The smallest absolute Gasteiger partial charge is 0.254 e. The molecule has 7 heteroatoms. The lowest BCUT2D eigenvalue weighted by molar-refractivity contribution is -0.125. The van der Waals surface area contributed by atoms with Gasteiger partial charge in [-0.25, -0.2) is 9.97 Å². The summed E-state index contributed by atoms with van der Waals surface area (Å²) in [5.74, 6) is 0.415. The van der Waals surface area contributed by atoms with Crippen molar-refractivity contribution in [3.05, 3.63) is 59.7 Å². The van der Waals surface area contributed by atoms with Gasteiger partial charge in [-0.3, -0.25) is 14.5 Å². The molecule has 2 N–H and O–H groups in total. The van der Waals surface area contributed by atoms with E-state index in [0.29, 0.717) is 37.4 Å². The van der Waals surface area contributed by atoms with Crippen LogP contribution in [0.5, 0.6) is 0 Å². The summed E-state index contributed by atoms with van der Waals surface area (Å²) in [6.07, 6.45) is 3.63. The fourth-order valence-electron chi connectivity index (χ4n) is 3.34. The standard InChI is InChI=1S/C20H25N5O2/c1-3-21-20(27)18-9-17(13-25(18)12-15-7-5-4-6-8-15)24-19(26)16-10-22-14(2)23-11-16/h4-8,10-11,17-18H,3,9,12-13H2,1-2H3,(H,21,27)(H,24,26). The van der Waals surface area contributed by atoms with E-state index in [1.54, 1.807) is 6.92 Å². The van der Waals surface area contributed by atoms with E-state index in [-0.39, 0.29) is 23.9 Å². The van der Waals surface area contributed by atoms with Gasteiger partial charge in [-0.05, 0) is 25.8 Å². The van der Waals surface area contributed by atoms with Crippen LogP contribution in [-0.4, -0.2) is 51.9 Å². The van der Waals surface area contributed by atoms with E-state index in [4.69, 9.17) is 0 Å². The van der Waals surface area contributed by atoms with Gasteiger partial charge in [-0.1, -0.05) is 30.3 Å². The predicted octanol–water partition coefficient (Wildman–Crippen LogP) is 1.29. The molecule has 1 saturated heterocycles. The number of hydrogen-bond donors (Lipinski definition) is 2. The third kappa shape index (κ3) is 4.89. The van der Waals surface area contributed by atoms with Crippen LogP contribution in [0.2, 0.25) is 0 Å². The van der Waals surface area contributed by atoms with Gasteiger partial charge in [0.05, 0.1) is 11.6 Å². The lowest BCUT2D eigenvalue weighted by Gasteiger charge is -2.23. The molecule has 1 aliphatic rings. The van der Waals surface area contributed by atoms with Crippen LogP contribution in [0.15, 0.2) is 42.7 Å². The number of aromatic nitrogens is 2. The number of benzene rings is 1. The molecule has 0 aliphatic carbocycles. The first kappa shape index (κ1) is 19.0. The van der Waals surface area contributed by atoms with Crippen molar-refractivity contribution in [3.8, 4) is 0 Å². The maximum absolute atomic E-state index is 12.5. The monoisotopic (exact) mass is 367 g/mol. The number of likely N-dealkylation sites (tertiary alicyclic amines) is 1. The first-order chi connectivity index (χ1) is 13.1. The van der Waals surface area contributed by atoms with Gasteiger partial charge in [-0.2, -0.15) is 0 Å². The third-order valence-electron chi connectivity index (χ3n) is 4.66. The Balaban J connectivity index is 1.68. The second-order valence-electron chi connectivity index (χ2n) is 6.75. The fourth-order valence-corrected chi connectivity index (χ4v) is 3.34. The van der Waals surface area contributed by atoms with Crippen molar-refractivity contribution in [1.29, 1.82) is 0 Å². The Morgan fingerprint density at radius 2 is 1.89 bits per heavy atom. The molecule has 0 bridgehead atoms. The highest BCUT2D eigenvalue weighted by Crippen LogP contribution is 2.21. The number of carbonyl (C=O) groups is 2. The van der Waals surface area contributed by atoms with Crippen molar-refractivity contribution in [2.45, 2.75) is 38.9 Å². The molecule has 2 amide bonds. The van der Waals surface area contributed by atoms with Gasteiger partial charge in [0.2, 0.25) is 5.91 Å². The van der Waals surface area contributed by atoms with Crippen LogP contribution in [-0.2, 0) is 11.3 Å². The molecular formula is C20H25N5O2. The number of nitrogens with one attached hydrogen (secondary N) is 2. The van der Waals surface area contributed by atoms with E-state index in [0.717, 1.165) is 5.56 Å². The maximum Gasteiger partial charge on any atom is 0.254 e. The van der Waals surface area contributed by atoms with E-state index in [9.17, 15) is 9.59 Å². The summed E-state index contributed by atoms with van der Waals surface area (Å²) < 4.78 is 0. The van der Waals surface area contributed by atoms with Crippen LogP contribution < -0.4 is 10.6 Å². The molecule has 2 heterocycles. The van der Waals surface area contributed by atoms with Crippen LogP contribution in [0.1, 0.15) is 35.1 Å². The number of rotatable bonds is 6. The molecule has 1 fully saturated rings. The average molecular weight is 367 g/mol. The quantitative estimate of drug-likeness (QED) is 0.803. The molecule has 3 rings (SSSR count). The summed E-state index contributed by atoms with van der Waals surface area (Å²) >= 11 is 0. The molecular weight excluding hydrogens is 342 g/mol. The molecule has 1 aromatic carbocycles. The SMILES string of the molecule is CCNC(=O)C1CC(NC(=O)c2cnc(C)nc2)CN1Cc1ccccc1. The highest BCUT2D eigenvalue weighted by atomic mass is 16.2. The van der Waals surface area contributed by atoms with E-state index in [2.05, 4.69) is 25.5 Å². The Hall–Kier alpha value is -2.80. The summed E-state index contributed by atoms with van der Waals surface area (Å²) in [5.41, 5.74) is 1.57. The zero-order valence-corrected chi connectivity index (χ0v) is 15.7. The normalized spacial score (nSPS) is 19.6. The Morgan fingerprint density at radius 3 is 2.56 bits per heavy atom. The number of hydrogen-bond acceptors (Lipinski definition) is 5. The predicted molar refractivity (Wildman–Crippen MR) is 102 cm³/mol. The molecule has 27 heavy (non-hydrogen) atoms. The highest BCUT2D eigenvalue weighted by molar-refractivity contribution is 5.94. The van der Waals surface area contributed by atoms with Gasteiger partial charge in [0.1, 0.15) is 5.82 Å². The maximum atomic E-state index is 12.5. The van der Waals surface area contributed by atoms with E-state index in [1.165, 1.54) is 12.4 Å². The highest BCUT2D eigenvalue weighted by Gasteiger charge is 2.37. The van der Waals surface area contributed by atoms with E-state index >= 15 is 0 Å². The minimum absolute atomic E-state index is 0.00356. The largest absolute Gasteiger partial charge is 0.355 e. The second kappa shape index (κ2) is 8.73. The van der Waals surface area contributed by atoms with Crippen molar-refractivity contribution in [1.82, 2.24) is 25.5 Å². The van der Waals surface area contributed by atoms with Gasteiger partial charge in [0.25, 0.3) is 5.91 Å². The molecule has 142 valence electrons. The van der Waals surface area contributed by atoms with Crippen LogP contribution in [0.25, 0.3) is 0 Å². The minimum Gasteiger partial charge on any atom is -0.355 e. The molecule has 7 nitrogen and oxygen atoms in total. The van der Waals surface area contributed by atoms with Crippen molar-refractivity contribution in [2.24, 2.45) is 0 Å². The van der Waals surface area contributed by atoms with Crippen LogP contribution in [0.3, 0.4) is 0 Å². The van der Waals surface area contributed by atoms with Crippen molar-refractivity contribution in [3.63, 3.8) is 0 Å². The number of likely N-dealkylation sites (N-methyl/N-ethyl adjacent to an activating group) is 1. The van der Waals surface area contributed by atoms with E-state index in [1.807, 2.05) is 37.3 Å². The van der Waals surface area contributed by atoms with Crippen molar-refractivity contribution < 1.29 is 9.59 Å². The topological polar surface area (TPSA) is 87.2 Å². The summed E-state index contributed by atoms with van der Waals surface area (Å²) in [5, 5.41) is 5.92. The number of amides is 2. The van der Waals surface area contributed by atoms with E-state index < -0.39 is 0 Å². The number of aryl methyl sites for hydroxylation is 1. The Labute approximate surface area is 159 Å². The summed E-state index contributed by atoms with van der Waals surface area (Å²) in [6, 6.07) is 9.68. The number of carbonyl (C=O) groups excluding carboxylic acids is 2. The molecule has 0 saturated carbocycles. The van der Waals surface area contributed by atoms with Crippen molar-refractivity contribution >= 4 is 11.8 Å². The van der Waals surface area contributed by atoms with Crippen molar-refractivity contribution in [2.75, 3.05) is 13.1 Å². The first-order valence-electron chi connectivity index (χ1n) is 9.22. The molecule has 1 aliphatic heterocycles. The second-order valence-corrected chi connectivity index (χ2v) is 6.75. The molecule has 2 atom stereocenters. The first-order valence-corrected chi connectivity index (χ1v) is 9.22. The summed E-state index contributed by atoms with van der Waals surface area (Å²) in [7, 11) is 0. The molecule has 1 aromatic heterocycles. The zero-order valence-electron chi connectivity index (χ0n) is 15.7. The molecule has 0 radical (unpaired) electrons. The Morgan fingerprint density at radius 1 is 1.19 bits per heavy atom. The third-order valence-corrected chi connectivity index (χ3v) is 4.66. The number of nitrogens with zero attached hydrogens (tertiary/aromatic N) is 3. The Kier molecular flexibility index (Phi) is 6.13. The fraction of sp³-hybridized carbons (Fsp3) is 0.400. The summed E-state index contributed by atoms with van der Waals surface area (Å²) in [4.78, 5) is 35.2. The van der Waals surface area contributed by atoms with Gasteiger partial charge in [0.15, 0.2) is 0 Å². The lowest BCUT2D eigenvalue weighted by atomic mass is 10.1. The van der Waals surface area contributed by atoms with Crippen LogP contribution in [0.4, 0.5) is 0 Å². The van der Waals surface area contributed by atoms with Crippen LogP contribution >= 0.6 is 0 Å². The minimum atomic E-state index is -0.260. The average Bonchev–Trinajstić information content (AvgIpc) is 3.05. The molecule has 2 unspecified atom stereocenters. The van der Waals surface area contributed by atoms with Gasteiger partial charge in [0, 0.05) is 38.1 Å². The molecule has 0 spiro atoms.